The van der Waals surface area contributed by atoms with Gasteiger partial charge in [-0.25, -0.2) is 9.59 Å². The molecule has 5 atom stereocenters. The second-order valence-corrected chi connectivity index (χ2v) is 9.87. The number of ether oxygens (including phenoxy) is 3. The van der Waals surface area contributed by atoms with Gasteiger partial charge in [0.1, 0.15) is 24.9 Å². The van der Waals surface area contributed by atoms with E-state index in [1.807, 2.05) is 0 Å². The number of aliphatic hydroxyl groups is 3. The van der Waals surface area contributed by atoms with Crippen LogP contribution in [0.1, 0.15) is 22.8 Å². The van der Waals surface area contributed by atoms with Crippen LogP contribution in [0.2, 0.25) is 0 Å². The molecule has 0 radical (unpaired) electrons. The largest absolute Gasteiger partial charge is 0.479 e. The average Bonchev–Trinajstić information content (AvgIpc) is 3.01. The standard InChI is InChI=1S/C29H28N4O13/c1-14(34)30-17-9-7-16(8-10-17)26(38)31-18-4-2-3-5-19(18)32-29(41)44-13-15-6-11-21(20(12-15)33(42)43)45-28-24(37)22(35)23(36)25(46-28)27(39)40/h2-12,22-25,28,35-37H,13H2,1H3,(H,30,34)(H,31,38)(H,32,41)(H,39,40)/t22-,23-,24+,25-,28+/m0/s1. The summed E-state index contributed by atoms with van der Waals surface area (Å²) < 4.78 is 15.5. The highest BCUT2D eigenvalue weighted by atomic mass is 16.7. The van der Waals surface area contributed by atoms with Gasteiger partial charge in [0, 0.05) is 24.2 Å². The number of nitrogens with one attached hydrogen (secondary N) is 3. The SMILES string of the molecule is CC(=O)Nc1ccc(C(=O)Nc2ccccc2NC(=O)OCc2ccc(O[C@@H]3O[C@H](C(=O)O)[C@@H](O)[C@H](O)[C@H]3O)c([N+](=O)[O-])c2)cc1. The van der Waals surface area contributed by atoms with Crippen molar-refractivity contribution in [3.63, 3.8) is 0 Å². The first-order chi connectivity index (χ1) is 21.8. The molecule has 242 valence electrons. The van der Waals surface area contributed by atoms with E-state index in [1.54, 1.807) is 24.3 Å². The highest BCUT2D eigenvalue weighted by Crippen LogP contribution is 2.32. The molecule has 1 aliphatic heterocycles. The van der Waals surface area contributed by atoms with Gasteiger partial charge >= 0.3 is 17.7 Å². The van der Waals surface area contributed by atoms with Crippen LogP contribution in [0.25, 0.3) is 0 Å². The molecule has 0 aliphatic carbocycles. The number of aliphatic hydroxyl groups excluding tert-OH is 3. The number of rotatable bonds is 10. The average molecular weight is 641 g/mol. The number of carboxylic acids is 1. The van der Waals surface area contributed by atoms with Crippen molar-refractivity contribution >= 4 is 46.6 Å². The van der Waals surface area contributed by atoms with E-state index in [9.17, 15) is 49.7 Å². The molecular weight excluding hydrogens is 612 g/mol. The number of nitrogens with zero attached hydrogens (tertiary/aromatic N) is 1. The fraction of sp³-hybridized carbons (Fsp3) is 0.241. The van der Waals surface area contributed by atoms with E-state index in [0.717, 1.165) is 12.1 Å². The molecule has 3 aromatic rings. The Morgan fingerprint density at radius 1 is 0.891 bits per heavy atom. The number of para-hydroxylation sites is 2. The highest BCUT2D eigenvalue weighted by Gasteiger charge is 2.48. The fourth-order valence-electron chi connectivity index (χ4n) is 4.27. The number of hydrogen-bond acceptors (Lipinski definition) is 12. The summed E-state index contributed by atoms with van der Waals surface area (Å²) in [5.74, 6) is -2.89. The Morgan fingerprint density at radius 3 is 2.15 bits per heavy atom. The van der Waals surface area contributed by atoms with E-state index < -0.39 is 71.6 Å². The van der Waals surface area contributed by atoms with Crippen LogP contribution < -0.4 is 20.7 Å². The van der Waals surface area contributed by atoms with E-state index in [1.165, 1.54) is 37.3 Å². The predicted octanol–water partition coefficient (Wildman–Crippen LogP) is 1.83. The number of carbonyl (C=O) groups is 4. The summed E-state index contributed by atoms with van der Waals surface area (Å²) in [7, 11) is 0. The third-order valence-corrected chi connectivity index (χ3v) is 6.53. The van der Waals surface area contributed by atoms with Crippen LogP contribution in [0.4, 0.5) is 27.5 Å². The van der Waals surface area contributed by atoms with Gasteiger partial charge in [0.2, 0.25) is 12.2 Å². The molecule has 0 aromatic heterocycles. The van der Waals surface area contributed by atoms with Gasteiger partial charge in [0.25, 0.3) is 5.91 Å². The summed E-state index contributed by atoms with van der Waals surface area (Å²) in [4.78, 5) is 58.7. The molecule has 3 aromatic carbocycles. The smallest absolute Gasteiger partial charge is 0.412 e. The van der Waals surface area contributed by atoms with Crippen LogP contribution in [0, 0.1) is 10.1 Å². The van der Waals surface area contributed by atoms with Gasteiger partial charge in [-0.2, -0.15) is 0 Å². The molecule has 1 fully saturated rings. The summed E-state index contributed by atoms with van der Waals surface area (Å²) >= 11 is 0. The lowest BCUT2D eigenvalue weighted by Gasteiger charge is -2.38. The van der Waals surface area contributed by atoms with Crippen LogP contribution in [0.5, 0.6) is 5.75 Å². The second-order valence-electron chi connectivity index (χ2n) is 9.87. The Bertz CT molecular complexity index is 1630. The van der Waals surface area contributed by atoms with Gasteiger partial charge in [-0.05, 0) is 48.0 Å². The van der Waals surface area contributed by atoms with Crippen LogP contribution in [-0.2, 0) is 25.7 Å². The van der Waals surface area contributed by atoms with Crippen molar-refractivity contribution in [1.29, 1.82) is 0 Å². The van der Waals surface area contributed by atoms with Gasteiger partial charge in [0.15, 0.2) is 11.9 Å². The molecule has 0 unspecified atom stereocenters. The van der Waals surface area contributed by atoms with E-state index in [4.69, 9.17) is 14.2 Å². The Morgan fingerprint density at radius 2 is 1.54 bits per heavy atom. The summed E-state index contributed by atoms with van der Waals surface area (Å²) in [6.45, 7) is 0.906. The van der Waals surface area contributed by atoms with Crippen molar-refractivity contribution in [1.82, 2.24) is 0 Å². The quantitative estimate of drug-likeness (QED) is 0.123. The molecule has 4 rings (SSSR count). The first kappa shape index (κ1) is 33.3. The molecular formula is C29H28N4O13. The van der Waals surface area contributed by atoms with E-state index in [2.05, 4.69) is 16.0 Å². The van der Waals surface area contributed by atoms with Gasteiger partial charge in [-0.3, -0.25) is 25.0 Å². The summed E-state index contributed by atoms with van der Waals surface area (Å²) in [5, 5.41) is 58.6. The van der Waals surface area contributed by atoms with Crippen LogP contribution in [0.3, 0.4) is 0 Å². The maximum absolute atomic E-state index is 12.8. The van der Waals surface area contributed by atoms with Gasteiger partial charge in [-0.15, -0.1) is 0 Å². The molecule has 7 N–H and O–H groups in total. The molecule has 17 nitrogen and oxygen atoms in total. The monoisotopic (exact) mass is 640 g/mol. The van der Waals surface area contributed by atoms with Gasteiger partial charge in [-0.1, -0.05) is 18.2 Å². The van der Waals surface area contributed by atoms with Crippen molar-refractivity contribution in [2.45, 2.75) is 44.2 Å². The normalized spacial score (nSPS) is 20.6. The van der Waals surface area contributed by atoms with E-state index in [0.29, 0.717) is 5.69 Å². The number of nitro benzene ring substituents is 1. The molecule has 0 spiro atoms. The Kier molecular flexibility index (Phi) is 10.4. The molecule has 17 heteroatoms. The lowest BCUT2D eigenvalue weighted by molar-refractivity contribution is -0.387. The predicted molar refractivity (Wildman–Crippen MR) is 157 cm³/mol. The Balaban J connectivity index is 1.39. The van der Waals surface area contributed by atoms with Crippen LogP contribution in [-0.4, -0.2) is 79.9 Å². The maximum Gasteiger partial charge on any atom is 0.412 e. The Labute approximate surface area is 259 Å². The molecule has 46 heavy (non-hydrogen) atoms. The van der Waals surface area contributed by atoms with Crippen molar-refractivity contribution in [2.75, 3.05) is 16.0 Å². The Hall–Kier alpha value is -5.62. The number of aliphatic carboxylic acids is 1. The number of hydrogen-bond donors (Lipinski definition) is 7. The van der Waals surface area contributed by atoms with Crippen molar-refractivity contribution < 1.29 is 58.7 Å². The van der Waals surface area contributed by atoms with Gasteiger partial charge < -0.3 is 45.3 Å². The molecule has 1 saturated heterocycles. The molecule has 1 heterocycles. The third kappa shape index (κ3) is 8.10. The topological polar surface area (TPSA) is 256 Å². The van der Waals surface area contributed by atoms with Crippen LogP contribution in [0.15, 0.2) is 66.7 Å². The third-order valence-electron chi connectivity index (χ3n) is 6.53. The minimum atomic E-state index is -1.98. The number of nitro groups is 1. The maximum atomic E-state index is 12.8. The summed E-state index contributed by atoms with van der Waals surface area (Å²) in [6.07, 6.45) is -10.7. The minimum absolute atomic E-state index is 0.141. The first-order valence-electron chi connectivity index (χ1n) is 13.4. The zero-order chi connectivity index (χ0) is 33.5. The molecule has 0 bridgehead atoms. The summed E-state index contributed by atoms with van der Waals surface area (Å²) in [5.41, 5.74) is 0.685. The van der Waals surface area contributed by atoms with Gasteiger partial charge in [0.05, 0.1) is 16.3 Å². The number of benzene rings is 3. The van der Waals surface area contributed by atoms with E-state index in [-0.39, 0.29) is 28.4 Å². The number of anilines is 3. The number of carboxylic acid groups (broad SMARTS) is 1. The zero-order valence-electron chi connectivity index (χ0n) is 23.9. The molecule has 0 saturated carbocycles. The lowest BCUT2D eigenvalue weighted by atomic mass is 9.99. The number of carbonyl (C=O) groups excluding carboxylic acids is 3. The number of amides is 3. The highest BCUT2D eigenvalue weighted by molar-refractivity contribution is 6.07. The molecule has 3 amide bonds. The lowest BCUT2D eigenvalue weighted by Crippen LogP contribution is -2.61. The second kappa shape index (κ2) is 14.4. The summed E-state index contributed by atoms with van der Waals surface area (Å²) in [6, 6.07) is 15.8. The first-order valence-corrected chi connectivity index (χ1v) is 13.4. The van der Waals surface area contributed by atoms with Crippen molar-refractivity contribution in [3.8, 4) is 5.75 Å². The zero-order valence-corrected chi connectivity index (χ0v) is 23.9. The van der Waals surface area contributed by atoms with Crippen molar-refractivity contribution in [2.24, 2.45) is 0 Å². The molecule has 1 aliphatic rings. The fourth-order valence-corrected chi connectivity index (χ4v) is 4.27. The van der Waals surface area contributed by atoms with Crippen molar-refractivity contribution in [3.05, 3.63) is 88.0 Å². The van der Waals surface area contributed by atoms with E-state index >= 15 is 0 Å². The minimum Gasteiger partial charge on any atom is -0.479 e. The van der Waals surface area contributed by atoms with Crippen LogP contribution >= 0.6 is 0 Å².